The molecule has 2 aromatic carbocycles. The summed E-state index contributed by atoms with van der Waals surface area (Å²) in [6.45, 7) is 0. The molecule has 0 fully saturated rings. The number of methoxy groups -OCH3 is 2. The molecule has 26 heavy (non-hydrogen) atoms. The van der Waals surface area contributed by atoms with Gasteiger partial charge in [0.2, 0.25) is 5.95 Å². The van der Waals surface area contributed by atoms with Crippen LogP contribution in [-0.2, 0) is 0 Å². The Labute approximate surface area is 156 Å². The zero-order valence-corrected chi connectivity index (χ0v) is 15.1. The highest BCUT2D eigenvalue weighted by molar-refractivity contribution is 6.32. The van der Waals surface area contributed by atoms with Crippen molar-refractivity contribution in [3.8, 4) is 11.5 Å². The predicted molar refractivity (Wildman–Crippen MR) is 101 cm³/mol. The average molecular weight is 369 g/mol. The van der Waals surface area contributed by atoms with Crippen LogP contribution in [0.25, 0.3) is 5.70 Å². The Hall–Kier alpha value is -2.99. The molecule has 0 bridgehead atoms. The average Bonchev–Trinajstić information content (AvgIpc) is 3.15. The number of hydrogen-bond acceptors (Lipinski definition) is 5. The summed E-state index contributed by atoms with van der Waals surface area (Å²) in [6.07, 6.45) is 3.60. The van der Waals surface area contributed by atoms with Crippen LogP contribution in [0.4, 0.5) is 5.95 Å². The highest BCUT2D eigenvalue weighted by Gasteiger charge is 2.25. The number of nitrogens with one attached hydrogen (secondary N) is 1. The number of anilines is 1. The molecule has 0 unspecified atom stereocenters. The third-order valence-corrected chi connectivity index (χ3v) is 4.65. The highest BCUT2D eigenvalue weighted by Crippen LogP contribution is 2.37. The summed E-state index contributed by atoms with van der Waals surface area (Å²) in [4.78, 5) is 4.32. The van der Waals surface area contributed by atoms with E-state index in [1.807, 2.05) is 47.1 Å². The second-order valence-corrected chi connectivity index (χ2v) is 6.18. The van der Waals surface area contributed by atoms with Gasteiger partial charge in [0.1, 0.15) is 12.4 Å². The number of rotatable bonds is 4. The van der Waals surface area contributed by atoms with E-state index in [0.29, 0.717) is 22.5 Å². The van der Waals surface area contributed by atoms with E-state index in [0.717, 1.165) is 16.8 Å². The van der Waals surface area contributed by atoms with Gasteiger partial charge in [0, 0.05) is 16.3 Å². The summed E-state index contributed by atoms with van der Waals surface area (Å²) in [5, 5.41) is 8.32. The van der Waals surface area contributed by atoms with E-state index in [9.17, 15) is 0 Å². The number of nitrogens with zero attached hydrogens (tertiary/aromatic N) is 3. The summed E-state index contributed by atoms with van der Waals surface area (Å²) in [6, 6.07) is 13.4. The minimum absolute atomic E-state index is 0.153. The van der Waals surface area contributed by atoms with Gasteiger partial charge in [0.25, 0.3) is 0 Å². The maximum absolute atomic E-state index is 6.38. The number of benzene rings is 2. The van der Waals surface area contributed by atoms with Crippen molar-refractivity contribution in [3.05, 3.63) is 71.0 Å². The number of ether oxygens (including phenoxy) is 2. The molecule has 0 saturated carbocycles. The lowest BCUT2D eigenvalue weighted by Gasteiger charge is -2.25. The van der Waals surface area contributed by atoms with E-state index >= 15 is 0 Å². The molecule has 0 amide bonds. The first-order valence-electron chi connectivity index (χ1n) is 8.06. The minimum atomic E-state index is -0.153. The molecule has 0 aliphatic carbocycles. The van der Waals surface area contributed by atoms with Crippen LogP contribution < -0.4 is 14.8 Å². The minimum Gasteiger partial charge on any atom is -0.493 e. The van der Waals surface area contributed by atoms with Gasteiger partial charge in [-0.2, -0.15) is 10.1 Å². The Kier molecular flexibility index (Phi) is 4.26. The lowest BCUT2D eigenvalue weighted by molar-refractivity contribution is 0.354. The zero-order chi connectivity index (χ0) is 18.1. The fraction of sp³-hybridized carbons (Fsp3) is 0.158. The fourth-order valence-corrected chi connectivity index (χ4v) is 3.28. The Morgan fingerprint density at radius 3 is 2.65 bits per heavy atom. The molecular formula is C19H17ClN4O2. The normalized spacial score (nSPS) is 15.7. The molecule has 6 nitrogen and oxygen atoms in total. The number of allylic oxidation sites excluding steroid dienone is 1. The standard InChI is InChI=1S/C19H17ClN4O2/c1-25-17-8-7-12(9-18(17)26-2)16-10-15(13-5-3-4-6-14(13)20)23-19-21-11-22-24(16)19/h3-11,16H,1-2H3,(H,21,22,23)/t16-/m0/s1. The van der Waals surface area contributed by atoms with E-state index in [1.165, 1.54) is 6.33 Å². The first-order valence-corrected chi connectivity index (χ1v) is 8.44. The molecule has 132 valence electrons. The smallest absolute Gasteiger partial charge is 0.226 e. The Morgan fingerprint density at radius 2 is 1.88 bits per heavy atom. The first-order chi connectivity index (χ1) is 12.7. The molecule has 1 aromatic heterocycles. The van der Waals surface area contributed by atoms with Crippen molar-refractivity contribution < 1.29 is 9.47 Å². The second-order valence-electron chi connectivity index (χ2n) is 5.77. The number of halogens is 1. The van der Waals surface area contributed by atoms with Crippen molar-refractivity contribution in [1.82, 2.24) is 14.8 Å². The maximum Gasteiger partial charge on any atom is 0.226 e. The van der Waals surface area contributed by atoms with Crippen molar-refractivity contribution >= 4 is 23.2 Å². The number of hydrogen-bond donors (Lipinski definition) is 1. The Bertz CT molecular complexity index is 983. The van der Waals surface area contributed by atoms with Crippen LogP contribution in [-0.4, -0.2) is 29.0 Å². The van der Waals surface area contributed by atoms with Gasteiger partial charge >= 0.3 is 0 Å². The predicted octanol–water partition coefficient (Wildman–Crippen LogP) is 4.00. The van der Waals surface area contributed by atoms with E-state index in [-0.39, 0.29) is 6.04 Å². The quantitative estimate of drug-likeness (QED) is 0.754. The molecule has 7 heteroatoms. The molecular weight excluding hydrogens is 352 g/mol. The highest BCUT2D eigenvalue weighted by atomic mass is 35.5. The molecule has 3 aromatic rings. The van der Waals surface area contributed by atoms with Gasteiger partial charge in [0.05, 0.1) is 14.2 Å². The Balaban J connectivity index is 1.83. The summed E-state index contributed by atoms with van der Waals surface area (Å²) in [5.74, 6) is 2.00. The molecule has 1 atom stereocenters. The third kappa shape index (κ3) is 2.78. The first kappa shape index (κ1) is 16.5. The second kappa shape index (κ2) is 6.72. The van der Waals surface area contributed by atoms with E-state index in [2.05, 4.69) is 21.5 Å². The van der Waals surface area contributed by atoms with Crippen molar-refractivity contribution in [3.63, 3.8) is 0 Å². The summed E-state index contributed by atoms with van der Waals surface area (Å²) in [7, 11) is 3.24. The SMILES string of the molecule is COc1ccc([C@@H]2C=C(c3ccccc3Cl)Nc3ncnn32)cc1OC. The Morgan fingerprint density at radius 1 is 1.08 bits per heavy atom. The molecule has 0 saturated heterocycles. The molecule has 1 N–H and O–H groups in total. The van der Waals surface area contributed by atoms with Gasteiger partial charge < -0.3 is 14.8 Å². The van der Waals surface area contributed by atoms with Crippen molar-refractivity contribution in [2.75, 3.05) is 19.5 Å². The van der Waals surface area contributed by atoms with Gasteiger partial charge in [-0.05, 0) is 29.8 Å². The van der Waals surface area contributed by atoms with Gasteiger partial charge in [-0.3, -0.25) is 0 Å². The largest absolute Gasteiger partial charge is 0.493 e. The van der Waals surface area contributed by atoms with E-state index in [1.54, 1.807) is 14.2 Å². The number of aromatic nitrogens is 3. The zero-order valence-electron chi connectivity index (χ0n) is 14.3. The van der Waals surface area contributed by atoms with Crippen LogP contribution in [0, 0.1) is 0 Å². The third-order valence-electron chi connectivity index (χ3n) is 4.32. The topological polar surface area (TPSA) is 61.2 Å². The van der Waals surface area contributed by atoms with Crippen LogP contribution in [0.3, 0.4) is 0 Å². The van der Waals surface area contributed by atoms with E-state index < -0.39 is 0 Å². The summed E-state index contributed by atoms with van der Waals surface area (Å²) in [5.41, 5.74) is 2.80. The van der Waals surface area contributed by atoms with Gasteiger partial charge in [-0.15, -0.1) is 0 Å². The molecule has 4 rings (SSSR count). The summed E-state index contributed by atoms with van der Waals surface area (Å²) < 4.78 is 12.6. The monoisotopic (exact) mass is 368 g/mol. The van der Waals surface area contributed by atoms with E-state index in [4.69, 9.17) is 21.1 Å². The van der Waals surface area contributed by atoms with Gasteiger partial charge in [-0.1, -0.05) is 35.9 Å². The van der Waals surface area contributed by atoms with Crippen molar-refractivity contribution in [1.29, 1.82) is 0 Å². The summed E-state index contributed by atoms with van der Waals surface area (Å²) >= 11 is 6.38. The molecule has 1 aliphatic rings. The maximum atomic E-state index is 6.38. The van der Waals surface area contributed by atoms with Crippen LogP contribution >= 0.6 is 11.6 Å². The van der Waals surface area contributed by atoms with Crippen molar-refractivity contribution in [2.45, 2.75) is 6.04 Å². The van der Waals surface area contributed by atoms with Crippen molar-refractivity contribution in [2.24, 2.45) is 0 Å². The molecule has 2 heterocycles. The lowest BCUT2D eigenvalue weighted by Crippen LogP contribution is -2.20. The van der Waals surface area contributed by atoms with Gasteiger partial charge in [-0.25, -0.2) is 4.68 Å². The molecule has 0 spiro atoms. The molecule has 1 aliphatic heterocycles. The van der Waals surface area contributed by atoms with Crippen LogP contribution in [0.1, 0.15) is 17.2 Å². The van der Waals surface area contributed by atoms with Crippen LogP contribution in [0.15, 0.2) is 54.9 Å². The van der Waals surface area contributed by atoms with Crippen LogP contribution in [0.2, 0.25) is 5.02 Å². The lowest BCUT2D eigenvalue weighted by atomic mass is 10.0. The van der Waals surface area contributed by atoms with Gasteiger partial charge in [0.15, 0.2) is 11.5 Å². The fourth-order valence-electron chi connectivity index (χ4n) is 3.04. The van der Waals surface area contributed by atoms with Crippen LogP contribution in [0.5, 0.6) is 11.5 Å². The number of fused-ring (bicyclic) bond motifs is 1. The molecule has 0 radical (unpaired) electrons.